The van der Waals surface area contributed by atoms with E-state index in [4.69, 9.17) is 31.3 Å². The number of nitrogens with one attached hydrogen (secondary N) is 1. The summed E-state index contributed by atoms with van der Waals surface area (Å²) in [7, 11) is 0. The highest BCUT2D eigenvalue weighted by Gasteiger charge is 2.45. The first-order valence-electron chi connectivity index (χ1n) is 27.5. The van der Waals surface area contributed by atoms with Crippen molar-refractivity contribution in [3.05, 3.63) is 95.3 Å². The molecule has 0 spiro atoms. The number of carbonyl (C=O) groups excluding carboxylic acids is 2. The first-order valence-corrected chi connectivity index (χ1v) is 27.9. The zero-order valence-electron chi connectivity index (χ0n) is 43.8. The van der Waals surface area contributed by atoms with Gasteiger partial charge in [0.25, 0.3) is 0 Å². The monoisotopic (exact) mass is 1060 g/mol. The SMILES string of the molecule is CC(C)[C@@H](C(=O)N1C[C@H](O)C[C@H]1C(=O)N[C@@H](C)c1ccc(Cl)cc1)c1cc(N2CCC(CN3CCC(O[C@H]4C[C@H](Oc5cc(N6C7CCC6CN(c6cc(-c8ccccc8O)nnc6N)C7)ccn5)C4)CC3)CC2)no1. The number of hydrogen-bond acceptors (Lipinski definition) is 16. The lowest BCUT2D eigenvalue weighted by Gasteiger charge is -2.43. The Morgan fingerprint density at radius 2 is 1.58 bits per heavy atom. The molecule has 2 unspecified atom stereocenters. The summed E-state index contributed by atoms with van der Waals surface area (Å²) >= 11 is 6.07. The smallest absolute Gasteiger partial charge is 0.243 e. The molecule has 3 aromatic heterocycles. The van der Waals surface area contributed by atoms with Gasteiger partial charge in [-0.25, -0.2) is 4.98 Å². The number of amides is 2. The zero-order chi connectivity index (χ0) is 52.6. The average molecular weight is 1060 g/mol. The van der Waals surface area contributed by atoms with Crippen molar-refractivity contribution < 1.29 is 33.8 Å². The fourth-order valence-corrected chi connectivity index (χ4v) is 12.8. The van der Waals surface area contributed by atoms with Crippen LogP contribution in [0.25, 0.3) is 11.3 Å². The molecule has 0 radical (unpaired) electrons. The van der Waals surface area contributed by atoms with Crippen LogP contribution in [0.2, 0.25) is 5.02 Å². The number of aliphatic hydroxyl groups is 1. The number of pyridine rings is 1. The molecule has 8 heterocycles. The van der Waals surface area contributed by atoms with Gasteiger partial charge in [0.1, 0.15) is 23.8 Å². The van der Waals surface area contributed by atoms with Crippen molar-refractivity contribution in [2.45, 2.75) is 133 Å². The Bertz CT molecular complexity index is 2800. The van der Waals surface area contributed by atoms with Crippen LogP contribution >= 0.6 is 11.6 Å². The van der Waals surface area contributed by atoms with Crippen LogP contribution in [-0.4, -0.2) is 147 Å². The van der Waals surface area contributed by atoms with E-state index in [0.29, 0.717) is 51.7 Å². The maximum Gasteiger partial charge on any atom is 0.243 e. The van der Waals surface area contributed by atoms with Crippen molar-refractivity contribution in [3.8, 4) is 22.9 Å². The van der Waals surface area contributed by atoms with Crippen LogP contribution in [0.1, 0.15) is 102 Å². The van der Waals surface area contributed by atoms with Gasteiger partial charge in [0.15, 0.2) is 17.4 Å². The molecule has 2 aromatic carbocycles. The predicted octanol–water partition coefficient (Wildman–Crippen LogP) is 7.21. The molecular weight excluding hydrogens is 986 g/mol. The molecule has 1 saturated carbocycles. The number of hydrogen-bond donors (Lipinski definition) is 4. The van der Waals surface area contributed by atoms with Gasteiger partial charge in [0, 0.05) is 118 Å². The molecule has 11 rings (SSSR count). The Balaban J connectivity index is 0.600. The van der Waals surface area contributed by atoms with E-state index in [1.165, 1.54) is 4.90 Å². The summed E-state index contributed by atoms with van der Waals surface area (Å²) < 4.78 is 19.0. The second-order valence-corrected chi connectivity index (χ2v) is 22.9. The number of anilines is 4. The molecule has 5 saturated heterocycles. The molecule has 18 nitrogen and oxygen atoms in total. The number of carbonyl (C=O) groups is 2. The van der Waals surface area contributed by atoms with E-state index in [0.717, 1.165) is 120 Å². The Labute approximate surface area is 449 Å². The highest BCUT2D eigenvalue weighted by atomic mass is 35.5. The molecule has 6 aliphatic rings. The number of piperazine rings is 1. The third-order valence-corrected chi connectivity index (χ3v) is 17.1. The van der Waals surface area contributed by atoms with Crippen molar-refractivity contribution in [2.24, 2.45) is 11.8 Å². The van der Waals surface area contributed by atoms with E-state index < -0.39 is 18.1 Å². The van der Waals surface area contributed by atoms with Gasteiger partial charge in [-0.05, 0) is 99.2 Å². The Morgan fingerprint density at radius 1 is 0.842 bits per heavy atom. The number of benzene rings is 2. The molecule has 5 aromatic rings. The molecule has 5 N–H and O–H groups in total. The number of fused-ring (bicyclic) bond motifs is 2. The van der Waals surface area contributed by atoms with Crippen LogP contribution < -0.4 is 30.5 Å². The largest absolute Gasteiger partial charge is 0.507 e. The molecule has 6 fully saturated rings. The Kier molecular flexibility index (Phi) is 15.3. The Morgan fingerprint density at radius 3 is 2.30 bits per heavy atom. The Hall–Kier alpha value is -6.21. The average Bonchev–Trinajstić information content (AvgIpc) is 4.14. The van der Waals surface area contributed by atoms with Crippen LogP contribution in [0.5, 0.6) is 11.6 Å². The maximum absolute atomic E-state index is 14.3. The van der Waals surface area contributed by atoms with Gasteiger partial charge >= 0.3 is 0 Å². The lowest BCUT2D eigenvalue weighted by molar-refractivity contribution is -0.141. The number of nitrogen functional groups attached to an aromatic ring is 1. The predicted molar refractivity (Wildman–Crippen MR) is 290 cm³/mol. The van der Waals surface area contributed by atoms with Gasteiger partial charge in [-0.3, -0.25) is 9.59 Å². The summed E-state index contributed by atoms with van der Waals surface area (Å²) in [5.41, 5.74) is 10.5. The minimum atomic E-state index is -0.799. The topological polar surface area (TPSA) is 212 Å². The van der Waals surface area contributed by atoms with Gasteiger partial charge in [0.2, 0.25) is 17.7 Å². The van der Waals surface area contributed by atoms with Crippen LogP contribution in [0, 0.1) is 11.8 Å². The number of aliphatic hydroxyl groups excluding tert-OH is 1. The van der Waals surface area contributed by atoms with E-state index in [1.54, 1.807) is 24.3 Å². The highest BCUT2D eigenvalue weighted by molar-refractivity contribution is 6.30. The minimum Gasteiger partial charge on any atom is -0.507 e. The normalized spacial score (nSPS) is 25.2. The first-order chi connectivity index (χ1) is 36.8. The quantitative estimate of drug-likeness (QED) is 0.0769. The number of para-hydroxylation sites is 1. The molecule has 19 heteroatoms. The van der Waals surface area contributed by atoms with Crippen LogP contribution in [0.15, 0.2) is 83.5 Å². The van der Waals surface area contributed by atoms with Crippen LogP contribution in [-0.2, 0) is 14.3 Å². The third-order valence-electron chi connectivity index (χ3n) is 16.9. The zero-order valence-corrected chi connectivity index (χ0v) is 44.5. The number of aromatic hydroxyl groups is 1. The first kappa shape index (κ1) is 51.9. The van der Waals surface area contributed by atoms with Gasteiger partial charge < -0.3 is 59.8 Å². The number of nitrogens with two attached hydrogens (primary N) is 1. The maximum atomic E-state index is 14.3. The van der Waals surface area contributed by atoms with Gasteiger partial charge in [-0.2, -0.15) is 0 Å². The number of rotatable bonds is 16. The molecule has 6 atom stereocenters. The minimum absolute atomic E-state index is 0.0825. The van der Waals surface area contributed by atoms with Gasteiger partial charge in [-0.15, -0.1) is 10.2 Å². The van der Waals surface area contributed by atoms with Crippen LogP contribution in [0.3, 0.4) is 0 Å². The molecule has 2 bridgehead atoms. The lowest BCUT2D eigenvalue weighted by Crippen LogP contribution is -2.54. The summed E-state index contributed by atoms with van der Waals surface area (Å²) in [5, 5.41) is 37.8. The third kappa shape index (κ3) is 11.3. The number of halogens is 1. The highest BCUT2D eigenvalue weighted by Crippen LogP contribution is 2.41. The number of aromatic nitrogens is 4. The van der Waals surface area contributed by atoms with Crippen molar-refractivity contribution in [2.75, 3.05) is 72.8 Å². The number of likely N-dealkylation sites (tertiary alicyclic amines) is 2. The van der Waals surface area contributed by atoms with E-state index in [2.05, 4.69) is 57.4 Å². The number of piperidine rings is 2. The van der Waals surface area contributed by atoms with Crippen molar-refractivity contribution in [1.29, 1.82) is 0 Å². The summed E-state index contributed by atoms with van der Waals surface area (Å²) in [6.45, 7) is 12.4. The molecule has 76 heavy (non-hydrogen) atoms. The fraction of sp³-hybridized carbons (Fsp3) is 0.544. The second kappa shape index (κ2) is 22.4. The van der Waals surface area contributed by atoms with Crippen molar-refractivity contribution >= 4 is 46.4 Å². The van der Waals surface area contributed by atoms with Crippen molar-refractivity contribution in [1.82, 2.24) is 35.5 Å². The van der Waals surface area contributed by atoms with E-state index in [9.17, 15) is 19.8 Å². The number of phenols is 1. The standard InChI is InChI=1S/C57H72ClN11O7/c1-34(2)54(57(73)68-33-42(70)25-49(68)56(72)61-35(3)37-8-10-38(58)11-9-37)51-29-52(64-76-51)66-22-15-36(16-23-66)30-65-20-17-43(18-21-65)74-44-26-45(27-44)75-53-24-39(14-19-60-53)69-40-12-13-41(69)32-67(31-40)48-28-47(62-63-55(48)59)46-6-4-5-7-50(46)71/h4-11,14,19,24,28-29,34-36,40-45,49,54,70-71H,12-13,15-18,20-23,25-27,30-33H2,1-3H3,(H2,59,63)(H,61,72)/t35-,40?,41?,42+,44-,45-,49-,54+/m0/s1. The molecule has 1 aliphatic carbocycles. The number of β-amino-alcohol motifs (C(OH)–C–C–N with tert-alkyl or cyclic N) is 1. The summed E-state index contributed by atoms with van der Waals surface area (Å²) in [5.74, 6) is 1.69. The van der Waals surface area contributed by atoms with E-state index in [-0.39, 0.29) is 60.8 Å². The fourth-order valence-electron chi connectivity index (χ4n) is 12.7. The van der Waals surface area contributed by atoms with Gasteiger partial charge in [0.05, 0.1) is 35.7 Å². The number of nitrogens with zero attached hydrogens (tertiary/aromatic N) is 9. The molecule has 2 amide bonds. The molecular formula is C57H72ClN11O7. The van der Waals surface area contributed by atoms with Gasteiger partial charge in [-0.1, -0.05) is 54.9 Å². The number of phenolic OH excluding ortho intramolecular Hbond substituents is 1. The molecule has 404 valence electrons. The molecule has 5 aliphatic heterocycles. The van der Waals surface area contributed by atoms with Crippen molar-refractivity contribution in [3.63, 3.8) is 0 Å². The number of ether oxygens (including phenoxy) is 2. The summed E-state index contributed by atoms with van der Waals surface area (Å²) in [6, 6.07) is 22.0. The lowest BCUT2D eigenvalue weighted by atomic mass is 9.91. The second-order valence-electron chi connectivity index (χ2n) is 22.5. The van der Waals surface area contributed by atoms with E-state index in [1.807, 2.05) is 63.4 Å². The van der Waals surface area contributed by atoms with E-state index >= 15 is 0 Å². The summed E-state index contributed by atoms with van der Waals surface area (Å²) in [4.78, 5) is 43.7. The summed E-state index contributed by atoms with van der Waals surface area (Å²) in [6.07, 6.45) is 9.84. The van der Waals surface area contributed by atoms with Crippen LogP contribution in [0.4, 0.5) is 23.0 Å².